The number of piperidine rings is 1. The van der Waals surface area contributed by atoms with Crippen LogP contribution in [0.15, 0.2) is 48.7 Å². The number of likely N-dealkylation sites (tertiary alicyclic amines) is 1. The fourth-order valence-corrected chi connectivity index (χ4v) is 7.78. The molecule has 0 unspecified atom stereocenters. The number of halogens is 3. The number of ether oxygens (including phenoxy) is 1. The highest BCUT2D eigenvalue weighted by molar-refractivity contribution is 6.00. The van der Waals surface area contributed by atoms with Crippen LogP contribution < -0.4 is 15.8 Å². The molecule has 1 aromatic carbocycles. The first-order chi connectivity index (χ1) is 24.4. The van der Waals surface area contributed by atoms with Crippen LogP contribution in [0.4, 0.5) is 13.2 Å². The van der Waals surface area contributed by atoms with Crippen LogP contribution in [0.25, 0.3) is 33.6 Å². The van der Waals surface area contributed by atoms with Gasteiger partial charge >= 0.3 is 6.18 Å². The molecule has 2 aliphatic carbocycles. The number of carbonyl (C=O) groups excluding carboxylic acids is 2. The monoisotopic (exact) mass is 700 g/mol. The lowest BCUT2D eigenvalue weighted by molar-refractivity contribution is -0.141. The fourth-order valence-electron chi connectivity index (χ4n) is 7.78. The summed E-state index contributed by atoms with van der Waals surface area (Å²) in [7, 11) is 3.53. The summed E-state index contributed by atoms with van der Waals surface area (Å²) in [5.41, 5.74) is 9.52. The van der Waals surface area contributed by atoms with Crippen molar-refractivity contribution in [2.75, 3.05) is 13.7 Å². The van der Waals surface area contributed by atoms with Gasteiger partial charge in [0.25, 0.3) is 11.8 Å². The van der Waals surface area contributed by atoms with E-state index < -0.39 is 23.8 Å². The number of nitrogens with one attached hydrogen (secondary N) is 1. The van der Waals surface area contributed by atoms with E-state index in [9.17, 15) is 22.8 Å². The molecule has 4 atom stereocenters. The Morgan fingerprint density at radius 3 is 2.57 bits per heavy atom. The van der Waals surface area contributed by atoms with Crippen molar-refractivity contribution >= 4 is 33.9 Å². The standard InChI is InChI=1S/C37H39F3N8O3/c1-19(43-35(49)23-8-11-31(42-16-23)37(38,39)40)27-10-7-22-14-29(48(33(22)44-27)17-20-4-5-20)34-45-28-13-24(15-30(51-3)32(28)46(34)2)36(50)47-18-26(41)21-6-9-25(47)12-21/h7-8,10-11,13-16,19-21,25-26H,4-6,9,12,17-18,41H2,1-3H3,(H,43,49)/t19-,21-,25+,26+/m1/s1. The minimum absolute atomic E-state index is 0.0159. The fraction of sp³-hybridized carbons (Fsp3) is 0.432. The Balaban J connectivity index is 1.12. The predicted octanol–water partition coefficient (Wildman–Crippen LogP) is 5.87. The van der Waals surface area contributed by atoms with Crippen LogP contribution in [0.5, 0.6) is 5.75 Å². The molecule has 14 heteroatoms. The molecule has 5 heterocycles. The molecule has 3 N–H and O–H groups in total. The van der Waals surface area contributed by atoms with Gasteiger partial charge in [0.1, 0.15) is 22.6 Å². The Morgan fingerprint density at radius 1 is 1.06 bits per heavy atom. The molecule has 8 rings (SSSR count). The number of carbonyl (C=O) groups is 2. The van der Waals surface area contributed by atoms with E-state index in [4.69, 9.17) is 20.4 Å². The molecule has 3 fully saturated rings. The highest BCUT2D eigenvalue weighted by Gasteiger charge is 2.41. The van der Waals surface area contributed by atoms with Crippen molar-refractivity contribution in [3.63, 3.8) is 0 Å². The van der Waals surface area contributed by atoms with Crippen LogP contribution in [0.2, 0.25) is 0 Å². The Bertz CT molecular complexity index is 2170. The Morgan fingerprint density at radius 2 is 1.86 bits per heavy atom. The lowest BCUT2D eigenvalue weighted by atomic mass is 9.94. The number of nitrogens with zero attached hydrogens (tertiary/aromatic N) is 6. The van der Waals surface area contributed by atoms with E-state index in [1.54, 1.807) is 20.1 Å². The molecule has 0 spiro atoms. The van der Waals surface area contributed by atoms with Crippen molar-refractivity contribution in [3.8, 4) is 17.3 Å². The van der Waals surface area contributed by atoms with Crippen molar-refractivity contribution in [2.45, 2.75) is 69.9 Å². The number of rotatable bonds is 8. The van der Waals surface area contributed by atoms with E-state index in [0.29, 0.717) is 46.7 Å². The smallest absolute Gasteiger partial charge is 0.433 e. The van der Waals surface area contributed by atoms with E-state index >= 15 is 0 Å². The molecule has 0 radical (unpaired) electrons. The summed E-state index contributed by atoms with van der Waals surface area (Å²) in [6.45, 7) is 3.06. The predicted molar refractivity (Wildman–Crippen MR) is 184 cm³/mol. The summed E-state index contributed by atoms with van der Waals surface area (Å²) in [6.07, 6.45) is 1.52. The third-order valence-corrected chi connectivity index (χ3v) is 10.8. The topological polar surface area (TPSA) is 133 Å². The molecule has 5 aromatic rings. The highest BCUT2D eigenvalue weighted by Crippen LogP contribution is 2.40. The molecule has 51 heavy (non-hydrogen) atoms. The number of alkyl halides is 3. The molecule has 3 aliphatic rings. The number of aromatic nitrogens is 5. The van der Waals surface area contributed by atoms with Gasteiger partial charge in [0.2, 0.25) is 0 Å². The zero-order chi connectivity index (χ0) is 35.8. The summed E-state index contributed by atoms with van der Waals surface area (Å²) >= 11 is 0. The summed E-state index contributed by atoms with van der Waals surface area (Å²) in [5.74, 6) is 1.62. The van der Waals surface area contributed by atoms with Crippen LogP contribution in [0.3, 0.4) is 0 Å². The summed E-state index contributed by atoms with van der Waals surface area (Å²) in [4.78, 5) is 42.2. The maximum Gasteiger partial charge on any atom is 0.433 e. The second kappa shape index (κ2) is 12.4. The second-order valence-electron chi connectivity index (χ2n) is 14.2. The number of hydrogen-bond donors (Lipinski definition) is 2. The van der Waals surface area contributed by atoms with Gasteiger partial charge in [0.15, 0.2) is 5.82 Å². The van der Waals surface area contributed by atoms with Gasteiger partial charge in [-0.1, -0.05) is 0 Å². The number of fused-ring (bicyclic) bond motifs is 4. The highest BCUT2D eigenvalue weighted by atomic mass is 19.4. The Kier molecular flexibility index (Phi) is 8.04. The molecule has 11 nitrogen and oxygen atoms in total. The number of methoxy groups -OCH3 is 1. The summed E-state index contributed by atoms with van der Waals surface area (Å²) in [6, 6.07) is 11.0. The van der Waals surface area contributed by atoms with E-state index in [1.165, 1.54) is 0 Å². The van der Waals surface area contributed by atoms with Gasteiger partial charge in [0, 0.05) is 49.4 Å². The van der Waals surface area contributed by atoms with E-state index in [1.807, 2.05) is 34.7 Å². The van der Waals surface area contributed by atoms with Crippen molar-refractivity contribution in [3.05, 3.63) is 71.2 Å². The van der Waals surface area contributed by atoms with E-state index in [-0.39, 0.29) is 23.6 Å². The molecule has 4 aromatic heterocycles. The first kappa shape index (κ1) is 33.2. The van der Waals surface area contributed by atoms with Crippen LogP contribution >= 0.6 is 0 Å². The van der Waals surface area contributed by atoms with E-state index in [2.05, 4.69) is 20.9 Å². The number of hydrogen-bond acceptors (Lipinski definition) is 7. The van der Waals surface area contributed by atoms with Gasteiger partial charge in [-0.3, -0.25) is 14.6 Å². The number of nitrogens with two attached hydrogens (primary N) is 1. The third kappa shape index (κ3) is 5.98. The average molecular weight is 701 g/mol. The summed E-state index contributed by atoms with van der Waals surface area (Å²) in [5, 5.41) is 3.73. The molecule has 2 amide bonds. The van der Waals surface area contributed by atoms with Crippen molar-refractivity contribution < 1.29 is 27.5 Å². The quantitative estimate of drug-likeness (QED) is 0.207. The maximum absolute atomic E-state index is 13.9. The number of benzene rings is 1. The molecule has 1 aliphatic heterocycles. The molecule has 266 valence electrons. The lowest BCUT2D eigenvalue weighted by Crippen LogP contribution is -2.51. The third-order valence-electron chi connectivity index (χ3n) is 10.8. The first-order valence-electron chi connectivity index (χ1n) is 17.3. The molecule has 1 saturated heterocycles. The minimum Gasteiger partial charge on any atom is -0.494 e. The van der Waals surface area contributed by atoms with Crippen LogP contribution in [0, 0.1) is 11.8 Å². The summed E-state index contributed by atoms with van der Waals surface area (Å²) < 4.78 is 48.9. The van der Waals surface area contributed by atoms with Crippen molar-refractivity contribution in [1.29, 1.82) is 0 Å². The zero-order valence-electron chi connectivity index (χ0n) is 28.6. The number of pyridine rings is 2. The van der Waals surface area contributed by atoms with Gasteiger partial charge in [0.05, 0.1) is 35.6 Å². The number of aryl methyl sites for hydroxylation is 1. The van der Waals surface area contributed by atoms with Crippen LogP contribution in [0.1, 0.15) is 77.2 Å². The van der Waals surface area contributed by atoms with E-state index in [0.717, 1.165) is 79.2 Å². The van der Waals surface area contributed by atoms with Gasteiger partial charge in [-0.25, -0.2) is 9.97 Å². The van der Waals surface area contributed by atoms with Gasteiger partial charge < -0.3 is 29.8 Å². The van der Waals surface area contributed by atoms with Crippen LogP contribution in [-0.2, 0) is 19.8 Å². The normalized spacial score (nSPS) is 21.0. The molecular weight excluding hydrogens is 661 g/mol. The lowest BCUT2D eigenvalue weighted by Gasteiger charge is -2.37. The minimum atomic E-state index is -4.59. The van der Waals surface area contributed by atoms with Crippen molar-refractivity contribution in [1.82, 2.24) is 34.3 Å². The second-order valence-corrected chi connectivity index (χ2v) is 14.2. The SMILES string of the molecule is COc1cc(C(=O)N2C[C@H](N)[C@@H]3CC[C@H]2C3)cc2nc(-c3cc4ccc([C@@H](C)NC(=O)c5ccc(C(F)(F)F)nc5)nc4n3CC3CC3)n(C)c12. The maximum atomic E-state index is 13.9. The average Bonchev–Trinajstić information content (AvgIpc) is 3.58. The molecule has 2 saturated carbocycles. The first-order valence-corrected chi connectivity index (χ1v) is 17.3. The van der Waals surface area contributed by atoms with Crippen LogP contribution in [-0.4, -0.2) is 66.5 Å². The zero-order valence-corrected chi connectivity index (χ0v) is 28.6. The van der Waals surface area contributed by atoms with Gasteiger partial charge in [-0.05, 0) is 93.3 Å². The molecular formula is C37H39F3N8O3. The number of amides is 2. The number of imidazole rings is 1. The largest absolute Gasteiger partial charge is 0.494 e. The van der Waals surface area contributed by atoms with Crippen molar-refractivity contribution in [2.24, 2.45) is 24.6 Å². The molecule has 2 bridgehead atoms. The Hall–Kier alpha value is -4.98. The Labute approximate surface area is 292 Å². The van der Waals surface area contributed by atoms with Gasteiger partial charge in [-0.15, -0.1) is 0 Å². The van der Waals surface area contributed by atoms with Gasteiger partial charge in [-0.2, -0.15) is 13.2 Å².